The molecule has 8 heteroatoms. The van der Waals surface area contributed by atoms with Crippen molar-refractivity contribution in [2.75, 3.05) is 18.6 Å². The molecule has 0 aliphatic heterocycles. The minimum absolute atomic E-state index is 0.204. The van der Waals surface area contributed by atoms with E-state index in [1.165, 1.54) is 17.8 Å². The molecule has 0 unspecified atom stereocenters. The smallest absolute Gasteiger partial charge is 0.336 e. The molecule has 0 saturated heterocycles. The lowest BCUT2D eigenvalue weighted by Crippen LogP contribution is -2.50. The first-order valence-corrected chi connectivity index (χ1v) is 10.0. The third-order valence-corrected chi connectivity index (χ3v) is 4.59. The number of rotatable bonds is 10. The summed E-state index contributed by atoms with van der Waals surface area (Å²) in [6.07, 6.45) is 4.49. The van der Waals surface area contributed by atoms with Crippen LogP contribution in [-0.4, -0.2) is 36.5 Å². The lowest BCUT2D eigenvalue weighted by Gasteiger charge is -2.18. The molecule has 0 bridgehead atoms. The van der Waals surface area contributed by atoms with Crippen LogP contribution in [0.1, 0.15) is 25.3 Å². The molecule has 1 aromatic carbocycles. The van der Waals surface area contributed by atoms with Gasteiger partial charge in [0.1, 0.15) is 11.3 Å². The van der Waals surface area contributed by atoms with Gasteiger partial charge in [0.2, 0.25) is 0 Å². The van der Waals surface area contributed by atoms with Crippen LogP contribution < -0.4 is 20.8 Å². The summed E-state index contributed by atoms with van der Waals surface area (Å²) in [7, 11) is 0. The number of carbonyl (C=O) groups is 2. The van der Waals surface area contributed by atoms with Gasteiger partial charge in [-0.05, 0) is 36.8 Å². The van der Waals surface area contributed by atoms with Gasteiger partial charge in [-0.2, -0.15) is 11.8 Å². The Kier molecular flexibility index (Phi) is 7.72. The quantitative estimate of drug-likeness (QED) is 0.603. The fourth-order valence-corrected chi connectivity index (χ4v) is 3.15. The maximum absolute atomic E-state index is 11.9. The van der Waals surface area contributed by atoms with Gasteiger partial charge in [0, 0.05) is 23.3 Å². The van der Waals surface area contributed by atoms with Crippen LogP contribution in [0, 0.1) is 0 Å². The van der Waals surface area contributed by atoms with Crippen molar-refractivity contribution in [1.82, 2.24) is 5.32 Å². The van der Waals surface area contributed by atoms with E-state index in [1.807, 2.05) is 0 Å². The van der Waals surface area contributed by atoms with Crippen LogP contribution in [0.3, 0.4) is 0 Å². The molecular formula is C19H22NO6S-. The molecule has 2 aromatic rings. The highest BCUT2D eigenvalue weighted by molar-refractivity contribution is 7.98. The minimum atomic E-state index is -1.34. The third-order valence-electron chi connectivity index (χ3n) is 3.92. The van der Waals surface area contributed by atoms with Gasteiger partial charge in [0.05, 0.1) is 12.0 Å². The topological polar surface area (TPSA) is 109 Å². The number of carbonyl (C=O) groups excluding carboxylic acids is 2. The number of aliphatic carboxylic acids is 1. The second-order valence-corrected chi connectivity index (χ2v) is 6.95. The van der Waals surface area contributed by atoms with Crippen LogP contribution in [0.15, 0.2) is 33.5 Å². The Morgan fingerprint density at radius 1 is 1.33 bits per heavy atom. The first-order valence-electron chi connectivity index (χ1n) is 8.63. The average Bonchev–Trinajstić information content (AvgIpc) is 2.63. The van der Waals surface area contributed by atoms with Crippen LogP contribution in [0.5, 0.6) is 5.75 Å². The fourth-order valence-electron chi connectivity index (χ4n) is 2.59. The number of ether oxygens (including phenoxy) is 1. The molecule has 0 aliphatic rings. The van der Waals surface area contributed by atoms with Gasteiger partial charge in [-0.3, -0.25) is 4.79 Å². The van der Waals surface area contributed by atoms with Gasteiger partial charge in [-0.1, -0.05) is 13.3 Å². The van der Waals surface area contributed by atoms with E-state index >= 15 is 0 Å². The van der Waals surface area contributed by atoms with Crippen LogP contribution in [0.25, 0.3) is 11.0 Å². The molecule has 27 heavy (non-hydrogen) atoms. The van der Waals surface area contributed by atoms with Crippen molar-refractivity contribution in [3.63, 3.8) is 0 Å². The van der Waals surface area contributed by atoms with Gasteiger partial charge >= 0.3 is 5.63 Å². The summed E-state index contributed by atoms with van der Waals surface area (Å²) in [5, 5.41) is 14.1. The zero-order valence-corrected chi connectivity index (χ0v) is 16.1. The summed E-state index contributed by atoms with van der Waals surface area (Å²) in [5.74, 6) is -1.36. The number of thioether (sulfide) groups is 1. The molecule has 7 nitrogen and oxygen atoms in total. The second-order valence-electron chi connectivity index (χ2n) is 6.04. The second kappa shape index (κ2) is 10.0. The van der Waals surface area contributed by atoms with Crippen molar-refractivity contribution in [3.8, 4) is 5.75 Å². The van der Waals surface area contributed by atoms with Crippen LogP contribution in [0.2, 0.25) is 0 Å². The fraction of sp³-hybridized carbons (Fsp3) is 0.421. The minimum Gasteiger partial charge on any atom is -0.548 e. The SMILES string of the molecule is CCCCc1cc(=O)oc2cc(OCC(=O)N[C@@H](CSC)C(=O)[O-])ccc12. The van der Waals surface area contributed by atoms with Gasteiger partial charge in [-0.15, -0.1) is 0 Å². The Morgan fingerprint density at radius 2 is 2.11 bits per heavy atom. The number of carboxylic acid groups (broad SMARTS) is 1. The summed E-state index contributed by atoms with van der Waals surface area (Å²) < 4.78 is 10.6. The van der Waals surface area contributed by atoms with Crippen LogP contribution >= 0.6 is 11.8 Å². The zero-order valence-electron chi connectivity index (χ0n) is 15.3. The van der Waals surface area contributed by atoms with E-state index < -0.39 is 23.5 Å². The highest BCUT2D eigenvalue weighted by Crippen LogP contribution is 2.23. The predicted octanol–water partition coefficient (Wildman–Crippen LogP) is 1.11. The van der Waals surface area contributed by atoms with Crippen molar-refractivity contribution >= 4 is 34.6 Å². The first kappa shape index (κ1) is 20.8. The maximum Gasteiger partial charge on any atom is 0.336 e. The van der Waals surface area contributed by atoms with Gasteiger partial charge in [-0.25, -0.2) is 4.79 Å². The van der Waals surface area contributed by atoms with Gasteiger partial charge in [0.15, 0.2) is 6.61 Å². The van der Waals surface area contributed by atoms with E-state index in [0.29, 0.717) is 11.3 Å². The summed E-state index contributed by atoms with van der Waals surface area (Å²) in [6, 6.07) is 5.44. The summed E-state index contributed by atoms with van der Waals surface area (Å²) in [4.78, 5) is 34.6. The molecule has 1 aromatic heterocycles. The molecule has 1 amide bonds. The maximum atomic E-state index is 11.9. The zero-order chi connectivity index (χ0) is 19.8. The lowest BCUT2D eigenvalue weighted by atomic mass is 10.0. The Labute approximate surface area is 161 Å². The molecule has 1 heterocycles. The van der Waals surface area contributed by atoms with Gasteiger partial charge < -0.3 is 24.4 Å². The third kappa shape index (κ3) is 6.02. The average molecular weight is 392 g/mol. The molecular weight excluding hydrogens is 370 g/mol. The van der Waals surface area contributed by atoms with E-state index in [1.54, 1.807) is 24.5 Å². The van der Waals surface area contributed by atoms with E-state index in [9.17, 15) is 19.5 Å². The molecule has 0 fully saturated rings. The molecule has 0 radical (unpaired) electrons. The summed E-state index contributed by atoms with van der Waals surface area (Å²) >= 11 is 1.29. The first-order chi connectivity index (χ1) is 12.9. The number of benzene rings is 1. The monoisotopic (exact) mass is 392 g/mol. The van der Waals surface area contributed by atoms with Crippen molar-refractivity contribution in [2.24, 2.45) is 0 Å². The Morgan fingerprint density at radius 3 is 2.78 bits per heavy atom. The predicted molar refractivity (Wildman–Crippen MR) is 102 cm³/mol. The van der Waals surface area contributed by atoms with Crippen molar-refractivity contribution < 1.29 is 23.8 Å². The number of unbranched alkanes of at least 4 members (excludes halogenated alkanes) is 1. The number of fused-ring (bicyclic) bond motifs is 1. The van der Waals surface area contributed by atoms with Crippen LogP contribution in [-0.2, 0) is 16.0 Å². The van der Waals surface area contributed by atoms with E-state index in [4.69, 9.17) is 9.15 Å². The Hall–Kier alpha value is -2.48. The molecule has 0 aliphatic carbocycles. The number of aryl methyl sites for hydroxylation is 1. The highest BCUT2D eigenvalue weighted by Gasteiger charge is 2.14. The summed E-state index contributed by atoms with van der Waals surface area (Å²) in [5.41, 5.74) is 0.875. The molecule has 0 spiro atoms. The molecule has 0 saturated carbocycles. The number of hydrogen-bond acceptors (Lipinski definition) is 7. The van der Waals surface area contributed by atoms with Crippen molar-refractivity contribution in [2.45, 2.75) is 32.2 Å². The van der Waals surface area contributed by atoms with Gasteiger partial charge in [0.25, 0.3) is 5.91 Å². The molecule has 1 N–H and O–H groups in total. The number of hydrogen-bond donors (Lipinski definition) is 1. The van der Waals surface area contributed by atoms with Crippen LogP contribution in [0.4, 0.5) is 0 Å². The standard InChI is InChI=1S/C19H23NO6S/c1-3-4-5-12-8-18(22)26-16-9-13(6-7-14(12)16)25-10-17(21)20-15(11-27-2)19(23)24/h6-9,15H,3-5,10-11H2,1-2H3,(H,20,21)(H,23,24)/p-1/t15-/m0/s1. The number of amides is 1. The Balaban J connectivity index is 2.08. The van der Waals surface area contributed by atoms with E-state index in [-0.39, 0.29) is 12.4 Å². The van der Waals surface area contributed by atoms with E-state index in [0.717, 1.165) is 30.2 Å². The normalized spacial score (nSPS) is 11.9. The van der Waals surface area contributed by atoms with E-state index in [2.05, 4.69) is 12.2 Å². The van der Waals surface area contributed by atoms with Crippen molar-refractivity contribution in [1.29, 1.82) is 0 Å². The van der Waals surface area contributed by atoms with Crippen molar-refractivity contribution in [3.05, 3.63) is 40.2 Å². The highest BCUT2D eigenvalue weighted by atomic mass is 32.2. The largest absolute Gasteiger partial charge is 0.548 e. The lowest BCUT2D eigenvalue weighted by molar-refractivity contribution is -0.307. The Bertz CT molecular complexity index is 863. The number of carboxylic acids is 1. The summed E-state index contributed by atoms with van der Waals surface area (Å²) in [6.45, 7) is 1.72. The molecule has 2 rings (SSSR count). The number of nitrogens with one attached hydrogen (secondary N) is 1. The molecule has 146 valence electrons. The molecule has 1 atom stereocenters.